The SMILES string of the molecule is C[C@H](CCC=O)N(N)c1nc(Nc2ccc3cccnc3c2)c(C(N)=O)cc1F. The molecule has 3 rings (SSSR count). The van der Waals surface area contributed by atoms with Crippen molar-refractivity contribution in [3.05, 3.63) is 54.0 Å². The van der Waals surface area contributed by atoms with E-state index in [1.54, 1.807) is 25.3 Å². The van der Waals surface area contributed by atoms with Crippen LogP contribution in [0.1, 0.15) is 30.1 Å². The summed E-state index contributed by atoms with van der Waals surface area (Å²) in [6.07, 6.45) is 3.15. The molecular formula is C20H21FN6O2. The second kappa shape index (κ2) is 8.61. The lowest BCUT2D eigenvalue weighted by molar-refractivity contribution is -0.108. The zero-order chi connectivity index (χ0) is 21.0. The number of aromatic nitrogens is 2. The number of halogens is 1. The van der Waals surface area contributed by atoms with E-state index in [0.717, 1.165) is 28.3 Å². The molecule has 0 aliphatic heterocycles. The van der Waals surface area contributed by atoms with Crippen molar-refractivity contribution < 1.29 is 14.0 Å². The topological polar surface area (TPSA) is 127 Å². The fourth-order valence-corrected chi connectivity index (χ4v) is 2.88. The third-order valence-corrected chi connectivity index (χ3v) is 4.51. The number of hydrogen-bond acceptors (Lipinski definition) is 7. The van der Waals surface area contributed by atoms with Gasteiger partial charge in [0.25, 0.3) is 5.91 Å². The first-order chi connectivity index (χ1) is 13.9. The van der Waals surface area contributed by atoms with E-state index >= 15 is 0 Å². The molecule has 150 valence electrons. The van der Waals surface area contributed by atoms with E-state index in [-0.39, 0.29) is 29.7 Å². The summed E-state index contributed by atoms with van der Waals surface area (Å²) in [5.41, 5.74) is 6.63. The van der Waals surface area contributed by atoms with Crippen LogP contribution in [-0.2, 0) is 4.79 Å². The number of nitrogens with zero attached hydrogens (tertiary/aromatic N) is 3. The van der Waals surface area contributed by atoms with Crippen LogP contribution in [0.25, 0.3) is 10.9 Å². The van der Waals surface area contributed by atoms with Gasteiger partial charge in [0.05, 0.1) is 11.1 Å². The predicted molar refractivity (Wildman–Crippen MR) is 109 cm³/mol. The van der Waals surface area contributed by atoms with Crippen LogP contribution in [-0.4, -0.2) is 28.2 Å². The molecule has 0 radical (unpaired) electrons. The average Bonchev–Trinajstić information content (AvgIpc) is 2.72. The van der Waals surface area contributed by atoms with Crippen molar-refractivity contribution in [1.82, 2.24) is 9.97 Å². The first kappa shape index (κ1) is 20.2. The Balaban J connectivity index is 1.98. The molecule has 1 aromatic carbocycles. The van der Waals surface area contributed by atoms with Crippen molar-refractivity contribution in [2.75, 3.05) is 10.3 Å². The number of hydrazine groups is 1. The molecule has 0 fully saturated rings. The van der Waals surface area contributed by atoms with Gasteiger partial charge in [0, 0.05) is 29.7 Å². The molecule has 29 heavy (non-hydrogen) atoms. The van der Waals surface area contributed by atoms with Crippen LogP contribution in [0, 0.1) is 5.82 Å². The van der Waals surface area contributed by atoms with Crippen LogP contribution in [0.3, 0.4) is 0 Å². The van der Waals surface area contributed by atoms with Crippen molar-refractivity contribution >= 4 is 40.4 Å². The lowest BCUT2D eigenvalue weighted by atomic mass is 10.1. The fraction of sp³-hybridized carbons (Fsp3) is 0.200. The molecule has 2 aromatic heterocycles. The monoisotopic (exact) mass is 396 g/mol. The Hall–Kier alpha value is -3.59. The molecule has 9 heteroatoms. The lowest BCUT2D eigenvalue weighted by Crippen LogP contribution is -2.41. The summed E-state index contributed by atoms with van der Waals surface area (Å²) in [6.45, 7) is 1.74. The second-order valence-corrected chi connectivity index (χ2v) is 6.59. The maximum absolute atomic E-state index is 14.6. The smallest absolute Gasteiger partial charge is 0.252 e. The number of carbonyl (C=O) groups excluding carboxylic acids is 2. The summed E-state index contributed by atoms with van der Waals surface area (Å²) in [5.74, 6) is 4.30. The quantitative estimate of drug-likeness (QED) is 0.303. The summed E-state index contributed by atoms with van der Waals surface area (Å²) in [4.78, 5) is 30.9. The Morgan fingerprint density at radius 3 is 2.86 bits per heavy atom. The van der Waals surface area contributed by atoms with E-state index in [0.29, 0.717) is 12.1 Å². The molecule has 0 spiro atoms. The normalized spacial score (nSPS) is 11.8. The highest BCUT2D eigenvalue weighted by Crippen LogP contribution is 2.27. The number of hydrogen-bond donors (Lipinski definition) is 3. The summed E-state index contributed by atoms with van der Waals surface area (Å²) in [5, 5.41) is 5.07. The van der Waals surface area contributed by atoms with Gasteiger partial charge in [-0.05, 0) is 37.6 Å². The second-order valence-electron chi connectivity index (χ2n) is 6.59. The molecule has 0 aliphatic carbocycles. The van der Waals surface area contributed by atoms with Gasteiger partial charge in [0.15, 0.2) is 11.6 Å². The third-order valence-electron chi connectivity index (χ3n) is 4.51. The number of pyridine rings is 2. The molecule has 0 saturated heterocycles. The minimum absolute atomic E-state index is 0.0715. The molecule has 8 nitrogen and oxygen atoms in total. The van der Waals surface area contributed by atoms with Gasteiger partial charge in [0.1, 0.15) is 12.1 Å². The summed E-state index contributed by atoms with van der Waals surface area (Å²) in [6, 6.07) is 9.82. The molecule has 2 heterocycles. The molecule has 1 amide bonds. The minimum atomic E-state index is -0.832. The third kappa shape index (κ3) is 4.46. The van der Waals surface area contributed by atoms with Crippen molar-refractivity contribution in [2.24, 2.45) is 11.6 Å². The van der Waals surface area contributed by atoms with Crippen molar-refractivity contribution in [3.63, 3.8) is 0 Å². The van der Waals surface area contributed by atoms with Crippen molar-refractivity contribution in [1.29, 1.82) is 0 Å². The molecule has 1 atom stereocenters. The van der Waals surface area contributed by atoms with E-state index in [9.17, 15) is 14.0 Å². The highest BCUT2D eigenvalue weighted by molar-refractivity contribution is 5.99. The van der Waals surface area contributed by atoms with Gasteiger partial charge in [-0.1, -0.05) is 12.1 Å². The average molecular weight is 396 g/mol. The summed E-state index contributed by atoms with van der Waals surface area (Å²) in [7, 11) is 0. The number of primary amides is 1. The van der Waals surface area contributed by atoms with Gasteiger partial charge < -0.3 is 15.8 Å². The van der Waals surface area contributed by atoms with Crippen molar-refractivity contribution in [2.45, 2.75) is 25.8 Å². The number of aldehydes is 1. The highest BCUT2D eigenvalue weighted by atomic mass is 19.1. The predicted octanol–water partition coefficient (Wildman–Crippen LogP) is 2.66. The van der Waals surface area contributed by atoms with Crippen LogP contribution in [0.5, 0.6) is 0 Å². The maximum atomic E-state index is 14.6. The van der Waals surface area contributed by atoms with Gasteiger partial charge in [-0.25, -0.2) is 15.2 Å². The number of nitrogens with one attached hydrogen (secondary N) is 1. The molecule has 0 bridgehead atoms. The zero-order valence-corrected chi connectivity index (χ0v) is 15.8. The van der Waals surface area contributed by atoms with Gasteiger partial charge in [-0.15, -0.1) is 0 Å². The molecule has 0 saturated carbocycles. The van der Waals surface area contributed by atoms with Gasteiger partial charge >= 0.3 is 0 Å². The number of rotatable bonds is 8. The number of anilines is 3. The standard InChI is InChI=1S/C20H21FN6O2/c1-12(4-3-9-28)27(23)20-16(21)11-15(18(22)29)19(26-20)25-14-7-6-13-5-2-8-24-17(13)10-14/h2,5-12H,3-4,23H2,1H3,(H2,22,29)(H,25,26)/t12-/m1/s1. The Kier molecular flexibility index (Phi) is 5.99. The first-order valence-electron chi connectivity index (χ1n) is 9.00. The van der Waals surface area contributed by atoms with Crippen molar-refractivity contribution in [3.8, 4) is 0 Å². The first-order valence-corrected chi connectivity index (χ1v) is 9.00. The molecular weight excluding hydrogens is 375 g/mol. The molecule has 0 aliphatic rings. The van der Waals surface area contributed by atoms with Crippen LogP contribution >= 0.6 is 0 Å². The summed E-state index contributed by atoms with van der Waals surface area (Å²) >= 11 is 0. The van der Waals surface area contributed by atoms with Crippen LogP contribution < -0.4 is 21.9 Å². The number of nitrogens with two attached hydrogens (primary N) is 2. The van der Waals surface area contributed by atoms with E-state index in [4.69, 9.17) is 11.6 Å². The highest BCUT2D eigenvalue weighted by Gasteiger charge is 2.21. The Bertz CT molecular complexity index is 1060. The number of amides is 1. The van der Waals surface area contributed by atoms with Crippen LogP contribution in [0.15, 0.2) is 42.6 Å². The van der Waals surface area contributed by atoms with E-state index in [2.05, 4.69) is 15.3 Å². The largest absolute Gasteiger partial charge is 0.365 e. The lowest BCUT2D eigenvalue weighted by Gasteiger charge is -2.26. The number of carbonyl (C=O) groups is 2. The van der Waals surface area contributed by atoms with Gasteiger partial charge in [-0.3, -0.25) is 14.8 Å². The van der Waals surface area contributed by atoms with E-state index < -0.39 is 11.7 Å². The maximum Gasteiger partial charge on any atom is 0.252 e. The minimum Gasteiger partial charge on any atom is -0.365 e. The number of fused-ring (bicyclic) bond motifs is 1. The Morgan fingerprint density at radius 2 is 2.14 bits per heavy atom. The van der Waals surface area contributed by atoms with Gasteiger partial charge in [-0.2, -0.15) is 0 Å². The van der Waals surface area contributed by atoms with E-state index in [1.165, 1.54) is 0 Å². The zero-order valence-electron chi connectivity index (χ0n) is 15.8. The molecule has 5 N–H and O–H groups in total. The fourth-order valence-electron chi connectivity index (χ4n) is 2.88. The Morgan fingerprint density at radius 1 is 1.34 bits per heavy atom. The molecule has 0 unspecified atom stereocenters. The summed E-state index contributed by atoms with van der Waals surface area (Å²) < 4.78 is 14.6. The van der Waals surface area contributed by atoms with E-state index in [1.807, 2.05) is 18.2 Å². The number of benzene rings is 1. The Labute approximate surface area is 166 Å². The van der Waals surface area contributed by atoms with Gasteiger partial charge in [0.2, 0.25) is 0 Å². The van der Waals surface area contributed by atoms with Crippen LogP contribution in [0.2, 0.25) is 0 Å². The molecule has 3 aromatic rings. The van der Waals surface area contributed by atoms with Crippen LogP contribution in [0.4, 0.5) is 21.7 Å².